The molecular weight excluding hydrogens is 306 g/mol. The van der Waals surface area contributed by atoms with E-state index in [1.54, 1.807) is 0 Å². The van der Waals surface area contributed by atoms with Gasteiger partial charge in [0.05, 0.1) is 12.4 Å². The molecule has 3 rings (SSSR count). The number of carbonyl (C=O) groups excluding carboxylic acids is 1. The number of nitrogens with one attached hydrogen (secondary N) is 2. The summed E-state index contributed by atoms with van der Waals surface area (Å²) in [5.41, 5.74) is -0.340. The summed E-state index contributed by atoms with van der Waals surface area (Å²) in [6.45, 7) is 3.11. The van der Waals surface area contributed by atoms with Gasteiger partial charge < -0.3 is 14.9 Å². The Balaban J connectivity index is 2.06. The third-order valence-corrected chi connectivity index (χ3v) is 3.74. The number of hydrogen-bond acceptors (Lipinski definition) is 7. The second-order valence-corrected chi connectivity index (χ2v) is 5.37. The van der Waals surface area contributed by atoms with Crippen molar-refractivity contribution in [1.82, 2.24) is 19.5 Å². The first-order valence-electron chi connectivity index (χ1n) is 7.18. The third-order valence-electron chi connectivity index (χ3n) is 3.74. The van der Waals surface area contributed by atoms with Gasteiger partial charge in [-0.15, -0.1) is 0 Å². The Morgan fingerprint density at radius 2 is 2.22 bits per heavy atom. The molecule has 0 radical (unpaired) electrons. The molecule has 4 atom stereocenters. The molecule has 3 heterocycles. The number of rotatable bonds is 3. The van der Waals surface area contributed by atoms with Gasteiger partial charge in [-0.05, 0) is 6.42 Å². The van der Waals surface area contributed by atoms with Crippen molar-refractivity contribution in [2.24, 2.45) is 0 Å². The topological polar surface area (TPSA) is 142 Å². The Morgan fingerprint density at radius 3 is 2.83 bits per heavy atom. The van der Waals surface area contributed by atoms with Crippen molar-refractivity contribution in [2.75, 3.05) is 5.32 Å². The fraction of sp³-hybridized carbons (Fsp3) is 0.538. The molecule has 0 spiro atoms. The molecule has 23 heavy (non-hydrogen) atoms. The fourth-order valence-electron chi connectivity index (χ4n) is 2.63. The number of aliphatic hydroxyl groups is 2. The summed E-state index contributed by atoms with van der Waals surface area (Å²) < 4.78 is 7.01. The van der Waals surface area contributed by atoms with Crippen LogP contribution in [0.3, 0.4) is 0 Å². The van der Waals surface area contributed by atoms with Crippen LogP contribution in [-0.2, 0) is 9.53 Å². The van der Waals surface area contributed by atoms with Gasteiger partial charge in [-0.3, -0.25) is 24.5 Å². The predicted octanol–water partition coefficient (Wildman–Crippen LogP) is -0.893. The molecule has 10 nitrogen and oxygen atoms in total. The third kappa shape index (κ3) is 2.60. The summed E-state index contributed by atoms with van der Waals surface area (Å²) in [6.07, 6.45) is -1.83. The quantitative estimate of drug-likeness (QED) is 0.573. The van der Waals surface area contributed by atoms with E-state index in [9.17, 15) is 19.8 Å². The lowest BCUT2D eigenvalue weighted by Crippen LogP contribution is -2.31. The van der Waals surface area contributed by atoms with E-state index in [-0.39, 0.29) is 17.1 Å². The van der Waals surface area contributed by atoms with Crippen LogP contribution in [0.2, 0.25) is 0 Å². The highest BCUT2D eigenvalue weighted by Gasteiger charge is 2.43. The standard InChI is InChI=1S/C13H17N5O5/c1-3-6-8(20)9(21)12(23-6)18-4-14-7-10(18)16-13(15-5(2)19)17-11(7)22/h4,6,8-9,12,20-21H,3H2,1-2H3,(H2,15,16,17,19,22). The first kappa shape index (κ1) is 15.6. The summed E-state index contributed by atoms with van der Waals surface area (Å²) in [5.74, 6) is -0.422. The number of aromatic amines is 1. The van der Waals surface area contributed by atoms with Crippen molar-refractivity contribution in [1.29, 1.82) is 0 Å². The van der Waals surface area contributed by atoms with Crippen LogP contribution in [0.5, 0.6) is 0 Å². The summed E-state index contributed by atoms with van der Waals surface area (Å²) in [5, 5.41) is 22.5. The van der Waals surface area contributed by atoms with Crippen LogP contribution < -0.4 is 10.9 Å². The number of ether oxygens (including phenoxy) is 1. The maximum Gasteiger partial charge on any atom is 0.280 e. The van der Waals surface area contributed by atoms with Crippen molar-refractivity contribution in [3.8, 4) is 0 Å². The van der Waals surface area contributed by atoms with Crippen LogP contribution in [-0.4, -0.2) is 54.0 Å². The average Bonchev–Trinajstić information content (AvgIpc) is 3.01. The van der Waals surface area contributed by atoms with Gasteiger partial charge in [0.25, 0.3) is 5.56 Å². The predicted molar refractivity (Wildman–Crippen MR) is 78.7 cm³/mol. The maximum absolute atomic E-state index is 12.0. The van der Waals surface area contributed by atoms with E-state index in [0.717, 1.165) is 0 Å². The Bertz CT molecular complexity index is 800. The van der Waals surface area contributed by atoms with E-state index in [0.29, 0.717) is 6.42 Å². The van der Waals surface area contributed by atoms with Crippen molar-refractivity contribution >= 4 is 23.0 Å². The van der Waals surface area contributed by atoms with E-state index >= 15 is 0 Å². The molecule has 0 aromatic carbocycles. The number of carbonyl (C=O) groups is 1. The highest BCUT2D eigenvalue weighted by molar-refractivity contribution is 5.87. The van der Waals surface area contributed by atoms with Gasteiger partial charge in [0.15, 0.2) is 17.4 Å². The minimum absolute atomic E-state index is 0.0307. The second-order valence-electron chi connectivity index (χ2n) is 5.37. The number of hydrogen-bond donors (Lipinski definition) is 4. The zero-order valence-corrected chi connectivity index (χ0v) is 12.6. The molecule has 1 aliphatic heterocycles. The molecule has 124 valence electrons. The first-order valence-corrected chi connectivity index (χ1v) is 7.18. The van der Waals surface area contributed by atoms with Crippen molar-refractivity contribution < 1.29 is 19.7 Å². The number of amides is 1. The normalized spacial score (nSPS) is 27.5. The van der Waals surface area contributed by atoms with E-state index in [1.165, 1.54) is 17.8 Å². The van der Waals surface area contributed by atoms with E-state index < -0.39 is 36.0 Å². The van der Waals surface area contributed by atoms with Gasteiger partial charge in [0, 0.05) is 6.92 Å². The molecule has 1 fully saturated rings. The average molecular weight is 323 g/mol. The summed E-state index contributed by atoms with van der Waals surface area (Å²) >= 11 is 0. The lowest BCUT2D eigenvalue weighted by atomic mass is 10.1. The van der Waals surface area contributed by atoms with Gasteiger partial charge in [-0.25, -0.2) is 4.98 Å². The molecule has 1 saturated heterocycles. The van der Waals surface area contributed by atoms with Gasteiger partial charge in [0.2, 0.25) is 11.9 Å². The highest BCUT2D eigenvalue weighted by atomic mass is 16.6. The largest absolute Gasteiger partial charge is 0.388 e. The Hall–Kier alpha value is -2.30. The first-order chi connectivity index (χ1) is 10.9. The highest BCUT2D eigenvalue weighted by Crippen LogP contribution is 2.32. The van der Waals surface area contributed by atoms with E-state index in [4.69, 9.17) is 4.74 Å². The smallest absolute Gasteiger partial charge is 0.280 e. The lowest BCUT2D eigenvalue weighted by Gasteiger charge is -2.16. The number of imidazole rings is 1. The van der Waals surface area contributed by atoms with Crippen molar-refractivity contribution in [3.63, 3.8) is 0 Å². The van der Waals surface area contributed by atoms with Gasteiger partial charge in [0.1, 0.15) is 12.2 Å². The molecule has 0 bridgehead atoms. The van der Waals surface area contributed by atoms with Crippen LogP contribution >= 0.6 is 0 Å². The molecule has 2 aromatic heterocycles. The second kappa shape index (κ2) is 5.72. The molecular formula is C13H17N5O5. The molecule has 0 saturated carbocycles. The minimum atomic E-state index is -1.18. The number of aromatic nitrogens is 4. The monoisotopic (exact) mass is 323 g/mol. The Kier molecular flexibility index (Phi) is 3.88. The number of anilines is 1. The summed E-state index contributed by atoms with van der Waals surface area (Å²) in [7, 11) is 0. The SMILES string of the molecule is CCC1OC(n2cnc3c(=O)[nH]c(NC(C)=O)nc32)C(O)C1O. The summed E-state index contributed by atoms with van der Waals surface area (Å²) in [4.78, 5) is 33.6. The molecule has 4 N–H and O–H groups in total. The lowest BCUT2D eigenvalue weighted by molar-refractivity contribution is -0.114. The molecule has 2 aromatic rings. The molecule has 4 unspecified atom stereocenters. The Labute approximate surface area is 130 Å². The molecule has 10 heteroatoms. The van der Waals surface area contributed by atoms with Crippen LogP contribution in [0.25, 0.3) is 11.2 Å². The number of nitrogens with zero attached hydrogens (tertiary/aromatic N) is 3. The van der Waals surface area contributed by atoms with Gasteiger partial charge in [-0.2, -0.15) is 4.98 Å². The fourth-order valence-corrected chi connectivity index (χ4v) is 2.63. The Morgan fingerprint density at radius 1 is 1.48 bits per heavy atom. The van der Waals surface area contributed by atoms with Crippen LogP contribution in [0.1, 0.15) is 26.5 Å². The minimum Gasteiger partial charge on any atom is -0.388 e. The number of fused-ring (bicyclic) bond motifs is 1. The number of H-pyrrole nitrogens is 1. The van der Waals surface area contributed by atoms with Crippen LogP contribution in [0.15, 0.2) is 11.1 Å². The van der Waals surface area contributed by atoms with Crippen LogP contribution in [0, 0.1) is 0 Å². The summed E-state index contributed by atoms with van der Waals surface area (Å²) in [6, 6.07) is 0. The van der Waals surface area contributed by atoms with Gasteiger partial charge in [-0.1, -0.05) is 6.92 Å². The molecule has 0 aliphatic carbocycles. The molecule has 1 aliphatic rings. The zero-order valence-electron chi connectivity index (χ0n) is 12.6. The van der Waals surface area contributed by atoms with E-state index in [1.807, 2.05) is 6.92 Å². The molecule has 1 amide bonds. The van der Waals surface area contributed by atoms with Crippen LogP contribution in [0.4, 0.5) is 5.95 Å². The van der Waals surface area contributed by atoms with Crippen molar-refractivity contribution in [2.45, 2.75) is 44.8 Å². The van der Waals surface area contributed by atoms with Crippen molar-refractivity contribution in [3.05, 3.63) is 16.7 Å². The van der Waals surface area contributed by atoms with E-state index in [2.05, 4.69) is 20.3 Å². The van der Waals surface area contributed by atoms with Gasteiger partial charge >= 0.3 is 0 Å². The maximum atomic E-state index is 12.0. The number of aliphatic hydroxyl groups excluding tert-OH is 2. The zero-order chi connectivity index (χ0) is 16.7.